The molecule has 0 fully saturated rings. The van der Waals surface area contributed by atoms with E-state index in [1.54, 1.807) is 23.0 Å². The molecule has 1 amide bonds. The number of hydrogen-bond acceptors (Lipinski definition) is 4. The molecule has 2 heterocycles. The second-order valence-corrected chi connectivity index (χ2v) is 5.04. The van der Waals surface area contributed by atoms with Gasteiger partial charge in [-0.1, -0.05) is 13.0 Å². The molecule has 0 aliphatic rings. The van der Waals surface area contributed by atoms with Gasteiger partial charge in [0.15, 0.2) is 0 Å². The maximum Gasteiger partial charge on any atom is 0.275 e. The summed E-state index contributed by atoms with van der Waals surface area (Å²) in [6, 6.07) is 7.32. The number of amides is 1. The standard InChI is InChI=1S/C15H21N5O/c1-4-9-16-13-7-5-6-12(18-13)15(21)19-14-8-10-17-20(14)11(2)3/h5-8,10-11H,4,9H2,1-3H3,(H,16,18)(H,19,21). The smallest absolute Gasteiger partial charge is 0.275 e. The molecule has 0 saturated carbocycles. The van der Waals surface area contributed by atoms with Crippen molar-refractivity contribution in [1.29, 1.82) is 0 Å². The Hall–Kier alpha value is -2.37. The molecular weight excluding hydrogens is 266 g/mol. The van der Waals surface area contributed by atoms with E-state index in [9.17, 15) is 4.79 Å². The monoisotopic (exact) mass is 287 g/mol. The third-order valence-corrected chi connectivity index (χ3v) is 2.94. The molecule has 0 saturated heterocycles. The zero-order chi connectivity index (χ0) is 15.2. The van der Waals surface area contributed by atoms with Crippen LogP contribution in [-0.2, 0) is 0 Å². The molecular formula is C15H21N5O. The van der Waals surface area contributed by atoms with E-state index in [2.05, 4.69) is 27.6 Å². The number of hydrogen-bond donors (Lipinski definition) is 2. The summed E-state index contributed by atoms with van der Waals surface area (Å²) < 4.78 is 1.76. The Morgan fingerprint density at radius 2 is 2.14 bits per heavy atom. The van der Waals surface area contributed by atoms with Crippen molar-refractivity contribution < 1.29 is 4.79 Å². The first-order valence-corrected chi connectivity index (χ1v) is 7.17. The molecule has 0 aliphatic heterocycles. The molecule has 0 aliphatic carbocycles. The largest absolute Gasteiger partial charge is 0.370 e. The first-order valence-electron chi connectivity index (χ1n) is 7.17. The summed E-state index contributed by atoms with van der Waals surface area (Å²) in [5.41, 5.74) is 0.382. The molecule has 2 aromatic rings. The van der Waals surface area contributed by atoms with Crippen molar-refractivity contribution in [2.24, 2.45) is 0 Å². The van der Waals surface area contributed by atoms with Crippen molar-refractivity contribution in [3.05, 3.63) is 36.2 Å². The average molecular weight is 287 g/mol. The van der Waals surface area contributed by atoms with Gasteiger partial charge in [-0.2, -0.15) is 5.10 Å². The predicted molar refractivity (Wildman–Crippen MR) is 83.6 cm³/mol. The fourth-order valence-corrected chi connectivity index (χ4v) is 1.92. The van der Waals surface area contributed by atoms with E-state index in [1.807, 2.05) is 26.0 Å². The van der Waals surface area contributed by atoms with Gasteiger partial charge in [0.2, 0.25) is 0 Å². The molecule has 0 spiro atoms. The summed E-state index contributed by atoms with van der Waals surface area (Å²) in [4.78, 5) is 16.6. The van der Waals surface area contributed by atoms with Crippen molar-refractivity contribution in [3.8, 4) is 0 Å². The van der Waals surface area contributed by atoms with Gasteiger partial charge in [-0.05, 0) is 32.4 Å². The van der Waals surface area contributed by atoms with Crippen LogP contribution in [-0.4, -0.2) is 27.2 Å². The molecule has 0 aromatic carbocycles. The number of pyridine rings is 1. The van der Waals surface area contributed by atoms with Crippen LogP contribution >= 0.6 is 0 Å². The minimum atomic E-state index is -0.238. The summed E-state index contributed by atoms with van der Waals surface area (Å²) in [5.74, 6) is 1.14. The fourth-order valence-electron chi connectivity index (χ4n) is 1.92. The zero-order valence-electron chi connectivity index (χ0n) is 12.6. The quantitative estimate of drug-likeness (QED) is 0.857. The van der Waals surface area contributed by atoms with Crippen LogP contribution in [0.2, 0.25) is 0 Å². The van der Waals surface area contributed by atoms with E-state index < -0.39 is 0 Å². The third kappa shape index (κ3) is 3.81. The van der Waals surface area contributed by atoms with Gasteiger partial charge in [-0.15, -0.1) is 0 Å². The fraction of sp³-hybridized carbons (Fsp3) is 0.400. The SMILES string of the molecule is CCCNc1cccc(C(=O)Nc2ccnn2C(C)C)n1. The number of aromatic nitrogens is 3. The topological polar surface area (TPSA) is 71.8 Å². The van der Waals surface area contributed by atoms with Crippen molar-refractivity contribution in [1.82, 2.24) is 14.8 Å². The summed E-state index contributed by atoms with van der Waals surface area (Å²) >= 11 is 0. The molecule has 0 atom stereocenters. The molecule has 2 N–H and O–H groups in total. The Morgan fingerprint density at radius 3 is 2.86 bits per heavy atom. The van der Waals surface area contributed by atoms with Crippen molar-refractivity contribution in [2.45, 2.75) is 33.2 Å². The van der Waals surface area contributed by atoms with Gasteiger partial charge in [-0.25, -0.2) is 9.67 Å². The molecule has 0 bridgehead atoms. The van der Waals surface area contributed by atoms with Gasteiger partial charge in [0.25, 0.3) is 5.91 Å². The lowest BCUT2D eigenvalue weighted by Gasteiger charge is -2.12. The summed E-state index contributed by atoms with van der Waals surface area (Å²) in [6.45, 7) is 6.93. The number of nitrogens with one attached hydrogen (secondary N) is 2. The van der Waals surface area contributed by atoms with Crippen LogP contribution in [0.5, 0.6) is 0 Å². The Balaban J connectivity index is 2.11. The number of nitrogens with zero attached hydrogens (tertiary/aromatic N) is 3. The lowest BCUT2D eigenvalue weighted by Crippen LogP contribution is -2.18. The highest BCUT2D eigenvalue weighted by molar-refractivity contribution is 6.02. The molecule has 0 unspecified atom stereocenters. The van der Waals surface area contributed by atoms with Gasteiger partial charge in [0.05, 0.1) is 6.20 Å². The number of rotatable bonds is 6. The van der Waals surface area contributed by atoms with Crippen LogP contribution in [0.3, 0.4) is 0 Å². The van der Waals surface area contributed by atoms with Crippen molar-refractivity contribution >= 4 is 17.5 Å². The first-order chi connectivity index (χ1) is 10.1. The number of anilines is 2. The van der Waals surface area contributed by atoms with Crippen LogP contribution in [0.15, 0.2) is 30.5 Å². The summed E-state index contributed by atoms with van der Waals surface area (Å²) in [5, 5.41) is 10.2. The predicted octanol–water partition coefficient (Wildman–Crippen LogP) is 2.93. The highest BCUT2D eigenvalue weighted by Crippen LogP contribution is 2.14. The van der Waals surface area contributed by atoms with Crippen molar-refractivity contribution in [2.75, 3.05) is 17.2 Å². The maximum absolute atomic E-state index is 12.3. The highest BCUT2D eigenvalue weighted by atomic mass is 16.2. The highest BCUT2D eigenvalue weighted by Gasteiger charge is 2.12. The van der Waals surface area contributed by atoms with Crippen molar-refractivity contribution in [3.63, 3.8) is 0 Å². The Bertz CT molecular complexity index is 606. The minimum absolute atomic E-state index is 0.181. The van der Waals surface area contributed by atoms with E-state index in [4.69, 9.17) is 0 Å². The molecule has 0 radical (unpaired) electrons. The molecule has 2 aromatic heterocycles. The van der Waals surface area contributed by atoms with Crippen LogP contribution in [0.4, 0.5) is 11.6 Å². The van der Waals surface area contributed by atoms with Crippen LogP contribution in [0, 0.1) is 0 Å². The second-order valence-electron chi connectivity index (χ2n) is 5.04. The van der Waals surface area contributed by atoms with Crippen LogP contribution < -0.4 is 10.6 Å². The number of carbonyl (C=O) groups is 1. The number of carbonyl (C=O) groups excluding carboxylic acids is 1. The van der Waals surface area contributed by atoms with Gasteiger partial charge in [0, 0.05) is 18.7 Å². The van der Waals surface area contributed by atoms with E-state index in [1.165, 1.54) is 0 Å². The lowest BCUT2D eigenvalue weighted by atomic mass is 10.3. The third-order valence-electron chi connectivity index (χ3n) is 2.94. The average Bonchev–Trinajstić information content (AvgIpc) is 2.93. The van der Waals surface area contributed by atoms with Gasteiger partial charge >= 0.3 is 0 Å². The maximum atomic E-state index is 12.3. The van der Waals surface area contributed by atoms with E-state index in [-0.39, 0.29) is 11.9 Å². The second kappa shape index (κ2) is 6.88. The summed E-state index contributed by atoms with van der Waals surface area (Å²) in [7, 11) is 0. The minimum Gasteiger partial charge on any atom is -0.370 e. The normalized spacial score (nSPS) is 10.7. The first kappa shape index (κ1) is 15.0. The molecule has 21 heavy (non-hydrogen) atoms. The van der Waals surface area contributed by atoms with Crippen LogP contribution in [0.1, 0.15) is 43.7 Å². The zero-order valence-corrected chi connectivity index (χ0v) is 12.6. The molecule has 6 heteroatoms. The van der Waals surface area contributed by atoms with Gasteiger partial charge in [0.1, 0.15) is 17.3 Å². The molecule has 2 rings (SSSR count). The van der Waals surface area contributed by atoms with Gasteiger partial charge < -0.3 is 10.6 Å². The molecule has 6 nitrogen and oxygen atoms in total. The van der Waals surface area contributed by atoms with E-state index >= 15 is 0 Å². The van der Waals surface area contributed by atoms with Crippen LogP contribution in [0.25, 0.3) is 0 Å². The Labute approximate surface area is 124 Å². The van der Waals surface area contributed by atoms with E-state index in [0.29, 0.717) is 17.3 Å². The summed E-state index contributed by atoms with van der Waals surface area (Å²) in [6.07, 6.45) is 2.67. The van der Waals surface area contributed by atoms with E-state index in [0.717, 1.165) is 13.0 Å². The Kier molecular flexibility index (Phi) is 4.92. The Morgan fingerprint density at radius 1 is 1.33 bits per heavy atom. The lowest BCUT2D eigenvalue weighted by molar-refractivity contribution is 0.102. The molecule has 112 valence electrons. The van der Waals surface area contributed by atoms with Gasteiger partial charge in [-0.3, -0.25) is 4.79 Å².